The molecule has 0 fully saturated rings. The van der Waals surface area contributed by atoms with Gasteiger partial charge in [-0.05, 0) is 31.1 Å². The Bertz CT molecular complexity index is 334. The first-order chi connectivity index (χ1) is 10.8. The molecule has 0 aliphatic rings. The maximum atomic E-state index is 12.6. The molecule has 0 saturated heterocycles. The van der Waals surface area contributed by atoms with Gasteiger partial charge in [0.1, 0.15) is 5.78 Å². The smallest absolute Gasteiger partial charge is 0.309 e. The summed E-state index contributed by atoms with van der Waals surface area (Å²) in [6, 6.07) is 0. The van der Waals surface area contributed by atoms with E-state index in [1.54, 1.807) is 0 Å². The van der Waals surface area contributed by atoms with Gasteiger partial charge in [0.25, 0.3) is 0 Å². The van der Waals surface area contributed by atoms with Gasteiger partial charge >= 0.3 is 5.97 Å². The molecule has 0 aromatic heterocycles. The summed E-state index contributed by atoms with van der Waals surface area (Å²) in [6.07, 6.45) is 6.37. The molecule has 0 N–H and O–H groups in total. The van der Waals surface area contributed by atoms with Gasteiger partial charge in [-0.1, -0.05) is 60.8 Å². The van der Waals surface area contributed by atoms with Gasteiger partial charge in [-0.2, -0.15) is 0 Å². The molecule has 0 bridgehead atoms. The van der Waals surface area contributed by atoms with E-state index < -0.39 is 0 Å². The van der Waals surface area contributed by atoms with Crippen molar-refractivity contribution in [1.82, 2.24) is 0 Å². The van der Waals surface area contributed by atoms with E-state index in [9.17, 15) is 9.59 Å². The first-order valence-electron chi connectivity index (χ1n) is 9.52. The number of carbonyl (C=O) groups is 2. The van der Waals surface area contributed by atoms with Crippen LogP contribution in [0.15, 0.2) is 0 Å². The molecule has 0 aliphatic heterocycles. The second-order valence-electron chi connectivity index (χ2n) is 7.52. The van der Waals surface area contributed by atoms with Crippen molar-refractivity contribution in [3.8, 4) is 0 Å². The molecule has 0 aromatic rings. The molecule has 0 aromatic carbocycles. The van der Waals surface area contributed by atoms with Crippen molar-refractivity contribution in [1.29, 1.82) is 0 Å². The van der Waals surface area contributed by atoms with Gasteiger partial charge < -0.3 is 4.74 Å². The van der Waals surface area contributed by atoms with Gasteiger partial charge in [0.15, 0.2) is 0 Å². The lowest BCUT2D eigenvalue weighted by Crippen LogP contribution is -2.33. The standard InChI is InChI=1S/C20H38O3/c1-7-9-10-11-12-23-20(22)18(14-16(5)6)17(13-15(3)4)19(21)8-2/h15-18H,7-14H2,1-6H3. The molecule has 0 saturated carbocycles. The summed E-state index contributed by atoms with van der Waals surface area (Å²) < 4.78 is 5.52. The lowest BCUT2D eigenvalue weighted by Gasteiger charge is -2.27. The van der Waals surface area contributed by atoms with Gasteiger partial charge in [0.2, 0.25) is 0 Å². The fourth-order valence-electron chi connectivity index (χ4n) is 3.03. The maximum absolute atomic E-state index is 12.6. The molecule has 0 heterocycles. The summed E-state index contributed by atoms with van der Waals surface area (Å²) in [6.45, 7) is 13.0. The Morgan fingerprint density at radius 1 is 0.826 bits per heavy atom. The van der Waals surface area contributed by atoms with Crippen molar-refractivity contribution in [2.75, 3.05) is 6.61 Å². The number of Topliss-reactive ketones (excluding diaryl/α,β-unsaturated/α-hetero) is 1. The number of hydrogen-bond donors (Lipinski definition) is 0. The summed E-state index contributed by atoms with van der Waals surface area (Å²) in [4.78, 5) is 25.0. The third-order valence-electron chi connectivity index (χ3n) is 4.24. The highest BCUT2D eigenvalue weighted by Gasteiger charge is 2.34. The van der Waals surface area contributed by atoms with Crippen LogP contribution in [-0.2, 0) is 14.3 Å². The van der Waals surface area contributed by atoms with Gasteiger partial charge in [-0.25, -0.2) is 0 Å². The highest BCUT2D eigenvalue weighted by atomic mass is 16.5. The van der Waals surface area contributed by atoms with Crippen molar-refractivity contribution >= 4 is 11.8 Å². The monoisotopic (exact) mass is 326 g/mol. The van der Waals surface area contributed by atoms with Crippen LogP contribution in [-0.4, -0.2) is 18.4 Å². The van der Waals surface area contributed by atoms with Crippen LogP contribution in [0.2, 0.25) is 0 Å². The van der Waals surface area contributed by atoms with E-state index in [1.165, 1.54) is 12.8 Å². The first kappa shape index (κ1) is 22.1. The van der Waals surface area contributed by atoms with E-state index in [0.29, 0.717) is 24.9 Å². The first-order valence-corrected chi connectivity index (χ1v) is 9.52. The lowest BCUT2D eigenvalue weighted by molar-refractivity contribution is -0.154. The van der Waals surface area contributed by atoms with E-state index in [2.05, 4.69) is 34.6 Å². The van der Waals surface area contributed by atoms with Crippen molar-refractivity contribution in [2.45, 2.75) is 86.5 Å². The van der Waals surface area contributed by atoms with Gasteiger partial charge in [0.05, 0.1) is 12.5 Å². The summed E-state index contributed by atoms with van der Waals surface area (Å²) in [7, 11) is 0. The van der Waals surface area contributed by atoms with Crippen molar-refractivity contribution < 1.29 is 14.3 Å². The zero-order chi connectivity index (χ0) is 17.8. The molecule has 0 rings (SSSR count). The molecule has 2 unspecified atom stereocenters. The minimum absolute atomic E-state index is 0.164. The number of rotatable bonds is 13. The molecular weight excluding hydrogens is 288 g/mol. The van der Waals surface area contributed by atoms with Crippen molar-refractivity contribution in [2.24, 2.45) is 23.7 Å². The molecule has 3 heteroatoms. The normalized spacial score (nSPS) is 14.1. The number of unbranched alkanes of at least 4 members (excludes halogenated alkanes) is 3. The Morgan fingerprint density at radius 2 is 1.39 bits per heavy atom. The third kappa shape index (κ3) is 9.78. The van der Waals surface area contributed by atoms with Gasteiger partial charge in [-0.3, -0.25) is 9.59 Å². The zero-order valence-corrected chi connectivity index (χ0v) is 16.2. The van der Waals surface area contributed by atoms with E-state index in [1.807, 2.05) is 6.92 Å². The minimum Gasteiger partial charge on any atom is -0.465 e. The SMILES string of the molecule is CCCCCCOC(=O)C(CC(C)C)C(CC(C)C)C(=O)CC. The summed E-state index contributed by atoms with van der Waals surface area (Å²) in [5, 5.41) is 0. The van der Waals surface area contributed by atoms with Crippen LogP contribution in [0.4, 0.5) is 0 Å². The predicted molar refractivity (Wildman–Crippen MR) is 96.3 cm³/mol. The minimum atomic E-state index is -0.281. The number of esters is 1. The summed E-state index contributed by atoms with van der Waals surface area (Å²) in [5.74, 6) is 0.353. The lowest BCUT2D eigenvalue weighted by atomic mass is 9.78. The molecule has 23 heavy (non-hydrogen) atoms. The Kier molecular flexibility index (Phi) is 12.1. The molecule has 3 nitrogen and oxygen atoms in total. The van der Waals surface area contributed by atoms with E-state index in [4.69, 9.17) is 4.74 Å². The van der Waals surface area contributed by atoms with Crippen LogP contribution in [0.1, 0.15) is 86.5 Å². The molecule has 136 valence electrons. The van der Waals surface area contributed by atoms with Crippen molar-refractivity contribution in [3.63, 3.8) is 0 Å². The fraction of sp³-hybridized carbons (Fsp3) is 0.900. The van der Waals surface area contributed by atoms with Crippen LogP contribution in [0, 0.1) is 23.7 Å². The number of carbonyl (C=O) groups excluding carboxylic acids is 2. The summed E-state index contributed by atoms with van der Waals surface area (Å²) >= 11 is 0. The topological polar surface area (TPSA) is 43.4 Å². The third-order valence-corrected chi connectivity index (χ3v) is 4.24. The molecule has 2 atom stereocenters. The average Bonchev–Trinajstić information content (AvgIpc) is 2.49. The van der Waals surface area contributed by atoms with Crippen LogP contribution in [0.25, 0.3) is 0 Å². The van der Waals surface area contributed by atoms with Gasteiger partial charge in [-0.15, -0.1) is 0 Å². The molecule has 0 aliphatic carbocycles. The van der Waals surface area contributed by atoms with Crippen LogP contribution in [0.5, 0.6) is 0 Å². The van der Waals surface area contributed by atoms with Gasteiger partial charge in [0, 0.05) is 12.3 Å². The van der Waals surface area contributed by atoms with Crippen LogP contribution in [0.3, 0.4) is 0 Å². The molecule has 0 amide bonds. The van der Waals surface area contributed by atoms with Crippen molar-refractivity contribution in [3.05, 3.63) is 0 Å². The van der Waals surface area contributed by atoms with E-state index >= 15 is 0 Å². The number of hydrogen-bond acceptors (Lipinski definition) is 3. The predicted octanol–water partition coefficient (Wildman–Crippen LogP) is 5.41. The molecular formula is C20H38O3. The highest BCUT2D eigenvalue weighted by molar-refractivity contribution is 5.86. The number of ether oxygens (including phenoxy) is 1. The zero-order valence-electron chi connectivity index (χ0n) is 16.2. The Balaban J connectivity index is 4.84. The maximum Gasteiger partial charge on any atom is 0.309 e. The largest absolute Gasteiger partial charge is 0.465 e. The average molecular weight is 327 g/mol. The molecule has 0 radical (unpaired) electrons. The van der Waals surface area contributed by atoms with E-state index in [-0.39, 0.29) is 23.6 Å². The Labute approximate surface area is 143 Å². The fourth-order valence-corrected chi connectivity index (χ4v) is 3.03. The van der Waals surface area contributed by atoms with E-state index in [0.717, 1.165) is 25.7 Å². The summed E-state index contributed by atoms with van der Waals surface area (Å²) in [5.41, 5.74) is 0. The molecule has 0 spiro atoms. The number of ketones is 1. The second-order valence-corrected chi connectivity index (χ2v) is 7.52. The van der Waals surface area contributed by atoms with Crippen LogP contribution >= 0.6 is 0 Å². The Morgan fingerprint density at radius 3 is 1.87 bits per heavy atom. The second kappa shape index (κ2) is 12.5. The van der Waals surface area contributed by atoms with Crippen LogP contribution < -0.4 is 0 Å². The quantitative estimate of drug-likeness (QED) is 0.335. The highest BCUT2D eigenvalue weighted by Crippen LogP contribution is 2.29. The Hall–Kier alpha value is -0.860.